The molecule has 0 atom stereocenters. The van der Waals surface area contributed by atoms with Crippen LogP contribution in [0.2, 0.25) is 10.0 Å². The Morgan fingerprint density at radius 2 is 1.59 bits per heavy atom. The molecule has 0 unspecified atom stereocenters. The standard InChI is InChI=1S/C21H15BrCl2N2O3/c1-29-19-8-5-12(9-17(19)22)20(27)25-14-3-2-4-15(11-14)26-21(28)16-7-6-13(23)10-18(16)24/h2-11H,1H3,(H,25,27)(H,26,28). The summed E-state index contributed by atoms with van der Waals surface area (Å²) in [5.74, 6) is -0.0427. The Hall–Kier alpha value is -2.54. The van der Waals surface area contributed by atoms with Gasteiger partial charge in [0.15, 0.2) is 0 Å². The maximum Gasteiger partial charge on any atom is 0.257 e. The zero-order chi connectivity index (χ0) is 21.0. The van der Waals surface area contributed by atoms with Crippen LogP contribution in [-0.2, 0) is 0 Å². The molecule has 29 heavy (non-hydrogen) atoms. The van der Waals surface area contributed by atoms with Gasteiger partial charge >= 0.3 is 0 Å². The minimum atomic E-state index is -0.380. The van der Waals surface area contributed by atoms with Crippen LogP contribution in [-0.4, -0.2) is 18.9 Å². The molecule has 148 valence electrons. The second kappa shape index (κ2) is 9.31. The number of benzene rings is 3. The Bertz CT molecular complexity index is 1090. The number of amides is 2. The molecule has 5 nitrogen and oxygen atoms in total. The maximum atomic E-state index is 12.5. The Kier molecular flexibility index (Phi) is 6.79. The summed E-state index contributed by atoms with van der Waals surface area (Å²) >= 11 is 15.3. The number of halogens is 3. The highest BCUT2D eigenvalue weighted by Gasteiger charge is 2.13. The maximum absolute atomic E-state index is 12.5. The highest BCUT2D eigenvalue weighted by Crippen LogP contribution is 2.26. The molecule has 0 aliphatic heterocycles. The van der Waals surface area contributed by atoms with Crippen molar-refractivity contribution >= 4 is 62.3 Å². The third kappa shape index (κ3) is 5.29. The van der Waals surface area contributed by atoms with E-state index in [9.17, 15) is 9.59 Å². The van der Waals surface area contributed by atoms with Gasteiger partial charge in [0.25, 0.3) is 11.8 Å². The lowest BCUT2D eigenvalue weighted by Crippen LogP contribution is -2.14. The summed E-state index contributed by atoms with van der Waals surface area (Å²) in [6, 6.07) is 16.5. The van der Waals surface area contributed by atoms with E-state index < -0.39 is 0 Å². The first-order valence-electron chi connectivity index (χ1n) is 8.39. The SMILES string of the molecule is COc1ccc(C(=O)Nc2cccc(NC(=O)c3ccc(Cl)cc3Cl)c2)cc1Br. The molecule has 3 aromatic carbocycles. The van der Waals surface area contributed by atoms with Crippen molar-refractivity contribution in [3.8, 4) is 5.75 Å². The fraction of sp³-hybridized carbons (Fsp3) is 0.0476. The lowest BCUT2D eigenvalue weighted by Gasteiger charge is -2.10. The summed E-state index contributed by atoms with van der Waals surface area (Å²) in [6.45, 7) is 0. The molecule has 8 heteroatoms. The normalized spacial score (nSPS) is 10.3. The molecule has 0 radical (unpaired) electrons. The molecular weight excluding hydrogens is 479 g/mol. The van der Waals surface area contributed by atoms with Gasteiger partial charge in [0.05, 0.1) is 22.2 Å². The molecule has 0 bridgehead atoms. The van der Waals surface area contributed by atoms with Crippen LogP contribution < -0.4 is 15.4 Å². The van der Waals surface area contributed by atoms with Gasteiger partial charge < -0.3 is 15.4 Å². The van der Waals surface area contributed by atoms with Crippen molar-refractivity contribution < 1.29 is 14.3 Å². The Morgan fingerprint density at radius 3 is 2.21 bits per heavy atom. The molecule has 0 fully saturated rings. The Balaban J connectivity index is 1.73. The minimum Gasteiger partial charge on any atom is -0.496 e. The zero-order valence-electron chi connectivity index (χ0n) is 15.1. The largest absolute Gasteiger partial charge is 0.496 e. The monoisotopic (exact) mass is 492 g/mol. The van der Waals surface area contributed by atoms with Gasteiger partial charge in [-0.1, -0.05) is 29.3 Å². The summed E-state index contributed by atoms with van der Waals surface area (Å²) in [7, 11) is 1.55. The summed E-state index contributed by atoms with van der Waals surface area (Å²) in [5, 5.41) is 6.25. The molecule has 3 aromatic rings. The van der Waals surface area contributed by atoms with E-state index in [1.165, 1.54) is 6.07 Å². The summed E-state index contributed by atoms with van der Waals surface area (Å²) in [5.41, 5.74) is 1.80. The highest BCUT2D eigenvalue weighted by molar-refractivity contribution is 9.10. The van der Waals surface area contributed by atoms with Gasteiger partial charge in [-0.3, -0.25) is 9.59 Å². The first kappa shape index (κ1) is 21.2. The topological polar surface area (TPSA) is 67.4 Å². The van der Waals surface area contributed by atoms with E-state index in [2.05, 4.69) is 26.6 Å². The third-order valence-electron chi connectivity index (χ3n) is 3.97. The van der Waals surface area contributed by atoms with Crippen LogP contribution in [0.5, 0.6) is 5.75 Å². The van der Waals surface area contributed by atoms with E-state index in [-0.39, 0.29) is 16.8 Å². The van der Waals surface area contributed by atoms with E-state index in [0.717, 1.165) is 0 Å². The molecule has 0 aliphatic carbocycles. The van der Waals surface area contributed by atoms with E-state index >= 15 is 0 Å². The van der Waals surface area contributed by atoms with Gasteiger partial charge in [0.1, 0.15) is 5.75 Å². The van der Waals surface area contributed by atoms with Crippen molar-refractivity contribution in [2.24, 2.45) is 0 Å². The number of anilines is 2. The number of nitrogens with one attached hydrogen (secondary N) is 2. The molecule has 0 spiro atoms. The zero-order valence-corrected chi connectivity index (χ0v) is 18.2. The number of rotatable bonds is 5. The van der Waals surface area contributed by atoms with Gasteiger partial charge in [-0.15, -0.1) is 0 Å². The van der Waals surface area contributed by atoms with Gasteiger partial charge in [0.2, 0.25) is 0 Å². The highest BCUT2D eigenvalue weighted by atomic mass is 79.9. The molecule has 2 amide bonds. The van der Waals surface area contributed by atoms with Crippen LogP contribution in [0.15, 0.2) is 65.1 Å². The van der Waals surface area contributed by atoms with Gasteiger partial charge in [-0.05, 0) is 70.5 Å². The van der Waals surface area contributed by atoms with E-state index in [4.69, 9.17) is 27.9 Å². The average Bonchev–Trinajstić information content (AvgIpc) is 2.68. The summed E-state index contributed by atoms with van der Waals surface area (Å²) < 4.78 is 5.84. The number of ether oxygens (including phenoxy) is 1. The minimum absolute atomic E-state index is 0.254. The number of carbonyl (C=O) groups is 2. The van der Waals surface area contributed by atoms with Gasteiger partial charge in [-0.25, -0.2) is 0 Å². The van der Waals surface area contributed by atoms with Crippen LogP contribution in [0.3, 0.4) is 0 Å². The van der Waals surface area contributed by atoms with E-state index in [0.29, 0.717) is 37.7 Å². The lowest BCUT2D eigenvalue weighted by molar-refractivity contribution is 0.101. The summed E-state index contributed by atoms with van der Waals surface area (Å²) in [6.07, 6.45) is 0. The number of hydrogen-bond acceptors (Lipinski definition) is 3. The second-order valence-corrected chi connectivity index (χ2v) is 7.66. The van der Waals surface area contributed by atoms with Crippen LogP contribution in [0.25, 0.3) is 0 Å². The van der Waals surface area contributed by atoms with E-state index in [1.807, 2.05) is 0 Å². The lowest BCUT2D eigenvalue weighted by atomic mass is 10.2. The van der Waals surface area contributed by atoms with Gasteiger partial charge in [0, 0.05) is 22.0 Å². The van der Waals surface area contributed by atoms with Crippen LogP contribution >= 0.6 is 39.1 Å². The van der Waals surface area contributed by atoms with Crippen LogP contribution in [0.4, 0.5) is 11.4 Å². The van der Waals surface area contributed by atoms with Crippen LogP contribution in [0, 0.1) is 0 Å². The molecule has 0 aliphatic rings. The quantitative estimate of drug-likeness (QED) is 0.440. The number of carbonyl (C=O) groups excluding carboxylic acids is 2. The molecule has 0 saturated carbocycles. The van der Waals surface area contributed by atoms with Crippen molar-refractivity contribution in [1.82, 2.24) is 0 Å². The smallest absolute Gasteiger partial charge is 0.257 e. The molecule has 2 N–H and O–H groups in total. The third-order valence-corrected chi connectivity index (χ3v) is 5.14. The van der Waals surface area contributed by atoms with Crippen molar-refractivity contribution in [3.63, 3.8) is 0 Å². The molecule has 0 saturated heterocycles. The van der Waals surface area contributed by atoms with Crippen molar-refractivity contribution in [2.45, 2.75) is 0 Å². The fourth-order valence-electron chi connectivity index (χ4n) is 2.56. The predicted octanol–water partition coefficient (Wildman–Crippen LogP) is 6.27. The van der Waals surface area contributed by atoms with Crippen molar-refractivity contribution in [1.29, 1.82) is 0 Å². The Labute approximate surface area is 186 Å². The average molecular weight is 494 g/mol. The predicted molar refractivity (Wildman–Crippen MR) is 120 cm³/mol. The summed E-state index contributed by atoms with van der Waals surface area (Å²) in [4.78, 5) is 25.0. The first-order valence-corrected chi connectivity index (χ1v) is 9.93. The van der Waals surface area contributed by atoms with Crippen molar-refractivity contribution in [3.05, 3.63) is 86.3 Å². The molecule has 0 aromatic heterocycles. The first-order chi connectivity index (χ1) is 13.9. The fourth-order valence-corrected chi connectivity index (χ4v) is 3.59. The number of hydrogen-bond donors (Lipinski definition) is 2. The molecule has 0 heterocycles. The van der Waals surface area contributed by atoms with Crippen LogP contribution in [0.1, 0.15) is 20.7 Å². The van der Waals surface area contributed by atoms with E-state index in [1.54, 1.807) is 61.7 Å². The van der Waals surface area contributed by atoms with Crippen molar-refractivity contribution in [2.75, 3.05) is 17.7 Å². The number of methoxy groups -OCH3 is 1. The molecule has 3 rings (SSSR count). The molecular formula is C21H15BrCl2N2O3. The second-order valence-electron chi connectivity index (χ2n) is 5.96. The Morgan fingerprint density at radius 1 is 0.897 bits per heavy atom. The van der Waals surface area contributed by atoms with Gasteiger partial charge in [-0.2, -0.15) is 0 Å².